The molecule has 1 aliphatic heterocycles. The molecule has 5 N–H and O–H groups in total. The lowest BCUT2D eigenvalue weighted by Gasteiger charge is -2.28. The van der Waals surface area contributed by atoms with Gasteiger partial charge in [-0.25, -0.2) is 0 Å². The second-order valence-corrected chi connectivity index (χ2v) is 4.76. The summed E-state index contributed by atoms with van der Waals surface area (Å²) in [4.78, 5) is 12.1. The van der Waals surface area contributed by atoms with Crippen molar-refractivity contribution in [3.63, 3.8) is 0 Å². The van der Waals surface area contributed by atoms with E-state index in [9.17, 15) is 20.1 Å². The van der Waals surface area contributed by atoms with E-state index in [1.54, 1.807) is 12.1 Å². The molecule has 0 spiro atoms. The summed E-state index contributed by atoms with van der Waals surface area (Å²) in [6.45, 7) is -0.733. The number of carbonyl (C=O) groups is 1. The molecule has 1 aromatic carbocycles. The number of nitrogens with one attached hydrogen (secondary N) is 2. The van der Waals surface area contributed by atoms with Gasteiger partial charge >= 0.3 is 0 Å². The SMILES string of the molecule is O=C(NC(CO)(CO)CO)c1ccc2c(c1)CCN2. The van der Waals surface area contributed by atoms with Gasteiger partial charge in [-0.3, -0.25) is 4.79 Å². The fourth-order valence-corrected chi connectivity index (χ4v) is 2.03. The van der Waals surface area contributed by atoms with E-state index in [-0.39, 0.29) is 0 Å². The van der Waals surface area contributed by atoms with Gasteiger partial charge in [-0.1, -0.05) is 0 Å². The molecule has 1 aliphatic rings. The van der Waals surface area contributed by atoms with Gasteiger partial charge in [-0.15, -0.1) is 0 Å². The van der Waals surface area contributed by atoms with Crippen molar-refractivity contribution in [2.45, 2.75) is 12.0 Å². The number of rotatable bonds is 5. The van der Waals surface area contributed by atoms with E-state index < -0.39 is 31.3 Å². The van der Waals surface area contributed by atoms with Gasteiger partial charge in [0.15, 0.2) is 0 Å². The van der Waals surface area contributed by atoms with Crippen molar-refractivity contribution < 1.29 is 20.1 Å². The van der Waals surface area contributed by atoms with Crippen LogP contribution in [-0.2, 0) is 6.42 Å². The average molecular weight is 266 g/mol. The molecule has 0 fully saturated rings. The van der Waals surface area contributed by atoms with Gasteiger partial charge < -0.3 is 26.0 Å². The Morgan fingerprint density at radius 2 is 1.95 bits per heavy atom. The predicted molar refractivity (Wildman–Crippen MR) is 70.1 cm³/mol. The molecule has 6 nitrogen and oxygen atoms in total. The monoisotopic (exact) mass is 266 g/mol. The number of carbonyl (C=O) groups excluding carboxylic acids is 1. The maximum atomic E-state index is 12.1. The Morgan fingerprint density at radius 3 is 2.58 bits per heavy atom. The molecule has 0 saturated heterocycles. The number of hydrogen-bond donors (Lipinski definition) is 5. The first-order valence-electron chi connectivity index (χ1n) is 6.16. The normalized spacial score (nSPS) is 13.8. The van der Waals surface area contributed by atoms with Gasteiger partial charge in [0.25, 0.3) is 5.91 Å². The van der Waals surface area contributed by atoms with Crippen LogP contribution in [-0.4, -0.2) is 53.1 Å². The molecule has 0 saturated carbocycles. The number of amides is 1. The minimum absolute atomic E-state index is 0.424. The van der Waals surface area contributed by atoms with Gasteiger partial charge in [0.1, 0.15) is 5.54 Å². The zero-order chi connectivity index (χ0) is 13.9. The van der Waals surface area contributed by atoms with Crippen molar-refractivity contribution in [2.24, 2.45) is 0 Å². The molecule has 0 bridgehead atoms. The summed E-state index contributed by atoms with van der Waals surface area (Å²) in [7, 11) is 0. The minimum Gasteiger partial charge on any atom is -0.394 e. The van der Waals surface area contributed by atoms with Crippen LogP contribution in [0.5, 0.6) is 0 Å². The number of benzene rings is 1. The van der Waals surface area contributed by atoms with Crippen LogP contribution in [0.25, 0.3) is 0 Å². The second kappa shape index (κ2) is 5.56. The van der Waals surface area contributed by atoms with Crippen molar-refractivity contribution in [3.8, 4) is 0 Å². The summed E-state index contributed by atoms with van der Waals surface area (Å²) < 4.78 is 0. The van der Waals surface area contributed by atoms with Crippen LogP contribution in [0.1, 0.15) is 15.9 Å². The van der Waals surface area contributed by atoms with Crippen LogP contribution in [0, 0.1) is 0 Å². The summed E-state index contributed by atoms with van der Waals surface area (Å²) in [6, 6.07) is 5.28. The molecular formula is C13H18N2O4. The highest BCUT2D eigenvalue weighted by Crippen LogP contribution is 2.23. The highest BCUT2D eigenvalue weighted by Gasteiger charge is 2.30. The summed E-state index contributed by atoms with van der Waals surface area (Å²) >= 11 is 0. The van der Waals surface area contributed by atoms with Crippen LogP contribution in [0.2, 0.25) is 0 Å². The molecule has 1 amide bonds. The van der Waals surface area contributed by atoms with E-state index in [0.29, 0.717) is 5.56 Å². The number of aliphatic hydroxyl groups is 3. The Labute approximate surface area is 111 Å². The van der Waals surface area contributed by atoms with Gasteiger partial charge in [0.2, 0.25) is 0 Å². The van der Waals surface area contributed by atoms with Crippen LogP contribution >= 0.6 is 0 Å². The topological polar surface area (TPSA) is 102 Å². The Hall–Kier alpha value is -1.63. The van der Waals surface area contributed by atoms with Crippen LogP contribution < -0.4 is 10.6 Å². The van der Waals surface area contributed by atoms with Crippen molar-refractivity contribution >= 4 is 11.6 Å². The van der Waals surface area contributed by atoms with Crippen molar-refractivity contribution in [1.82, 2.24) is 5.32 Å². The number of aliphatic hydroxyl groups excluding tert-OH is 3. The quantitative estimate of drug-likeness (QED) is 0.475. The highest BCUT2D eigenvalue weighted by molar-refractivity contribution is 5.95. The Bertz CT molecular complexity index is 463. The predicted octanol–water partition coefficient (Wildman–Crippen LogP) is -0.900. The Morgan fingerprint density at radius 1 is 1.26 bits per heavy atom. The third-order valence-corrected chi connectivity index (χ3v) is 3.36. The van der Waals surface area contributed by atoms with Crippen LogP contribution in [0.3, 0.4) is 0 Å². The number of fused-ring (bicyclic) bond motifs is 1. The average Bonchev–Trinajstić information content (AvgIpc) is 2.92. The zero-order valence-electron chi connectivity index (χ0n) is 10.5. The molecular weight excluding hydrogens is 248 g/mol. The first-order valence-corrected chi connectivity index (χ1v) is 6.16. The molecule has 1 aromatic rings. The minimum atomic E-state index is -1.39. The van der Waals surface area contributed by atoms with E-state index in [1.165, 1.54) is 0 Å². The molecule has 0 radical (unpaired) electrons. The number of anilines is 1. The lowest BCUT2D eigenvalue weighted by Crippen LogP contribution is -2.57. The molecule has 6 heteroatoms. The molecule has 0 unspecified atom stereocenters. The lowest BCUT2D eigenvalue weighted by atomic mass is 10.0. The molecule has 104 valence electrons. The van der Waals surface area contributed by atoms with E-state index >= 15 is 0 Å². The molecule has 0 aliphatic carbocycles. The molecule has 19 heavy (non-hydrogen) atoms. The summed E-state index contributed by atoms with van der Waals surface area (Å²) in [6.07, 6.45) is 0.863. The van der Waals surface area contributed by atoms with E-state index in [4.69, 9.17) is 0 Å². The van der Waals surface area contributed by atoms with E-state index in [2.05, 4.69) is 10.6 Å². The largest absolute Gasteiger partial charge is 0.394 e. The zero-order valence-corrected chi connectivity index (χ0v) is 10.5. The standard InChI is InChI=1S/C13H18N2O4/c16-6-13(7-17,8-18)15-12(19)10-1-2-11-9(5-10)3-4-14-11/h1-2,5,14,16-18H,3-4,6-8H2,(H,15,19). The maximum Gasteiger partial charge on any atom is 0.251 e. The third kappa shape index (κ3) is 2.70. The second-order valence-electron chi connectivity index (χ2n) is 4.76. The van der Waals surface area contributed by atoms with E-state index in [1.807, 2.05) is 6.07 Å². The van der Waals surface area contributed by atoms with Gasteiger partial charge in [0, 0.05) is 17.8 Å². The van der Waals surface area contributed by atoms with Crippen molar-refractivity contribution in [1.29, 1.82) is 0 Å². The lowest BCUT2D eigenvalue weighted by molar-refractivity contribution is 0.0375. The van der Waals surface area contributed by atoms with Crippen molar-refractivity contribution in [2.75, 3.05) is 31.7 Å². The molecule has 2 rings (SSSR count). The van der Waals surface area contributed by atoms with E-state index in [0.717, 1.165) is 24.2 Å². The molecule has 0 atom stereocenters. The molecule has 0 aromatic heterocycles. The fourth-order valence-electron chi connectivity index (χ4n) is 2.03. The summed E-state index contributed by atoms with van der Waals surface area (Å²) in [5.74, 6) is -0.424. The third-order valence-electron chi connectivity index (χ3n) is 3.36. The maximum absolute atomic E-state index is 12.1. The van der Waals surface area contributed by atoms with Gasteiger partial charge in [0.05, 0.1) is 19.8 Å². The first-order chi connectivity index (χ1) is 9.14. The first kappa shape index (κ1) is 13.8. The Balaban J connectivity index is 2.16. The van der Waals surface area contributed by atoms with Crippen molar-refractivity contribution in [3.05, 3.63) is 29.3 Å². The highest BCUT2D eigenvalue weighted by atomic mass is 16.3. The van der Waals surface area contributed by atoms with Crippen LogP contribution in [0.15, 0.2) is 18.2 Å². The van der Waals surface area contributed by atoms with Gasteiger partial charge in [-0.2, -0.15) is 0 Å². The summed E-state index contributed by atoms with van der Waals surface area (Å²) in [5.41, 5.74) is 1.14. The number of hydrogen-bond acceptors (Lipinski definition) is 5. The summed E-state index contributed by atoms with van der Waals surface area (Å²) in [5, 5.41) is 33.2. The Kier molecular flexibility index (Phi) is 4.04. The van der Waals surface area contributed by atoms with Crippen LogP contribution in [0.4, 0.5) is 5.69 Å². The smallest absolute Gasteiger partial charge is 0.251 e. The van der Waals surface area contributed by atoms with Gasteiger partial charge in [-0.05, 0) is 30.2 Å². The molecule has 1 heterocycles. The fraction of sp³-hybridized carbons (Fsp3) is 0.462.